The summed E-state index contributed by atoms with van der Waals surface area (Å²) in [6.45, 7) is 6.81. The maximum absolute atomic E-state index is 12.1. The number of nitrogens with zero attached hydrogens (tertiary/aromatic N) is 2. The van der Waals surface area contributed by atoms with E-state index in [2.05, 4.69) is 4.98 Å². The third-order valence-corrected chi connectivity index (χ3v) is 7.61. The Morgan fingerprint density at radius 3 is 2.81 bits per heavy atom. The third kappa shape index (κ3) is 4.44. The van der Waals surface area contributed by atoms with Crippen LogP contribution in [-0.4, -0.2) is 55.4 Å². The van der Waals surface area contributed by atoms with Crippen molar-refractivity contribution in [2.75, 3.05) is 32.1 Å². The second-order valence-electron chi connectivity index (χ2n) is 7.31. The fourth-order valence-electron chi connectivity index (χ4n) is 4.15. The van der Waals surface area contributed by atoms with Gasteiger partial charge in [0.25, 0.3) is 0 Å². The van der Waals surface area contributed by atoms with E-state index in [1.807, 2.05) is 25.1 Å². The molecule has 0 radical (unpaired) electrons. The summed E-state index contributed by atoms with van der Waals surface area (Å²) < 4.78 is 37.7. The minimum absolute atomic E-state index is 0.162. The molecule has 2 aliphatic heterocycles. The van der Waals surface area contributed by atoms with Gasteiger partial charge in [0.15, 0.2) is 0 Å². The van der Waals surface area contributed by atoms with E-state index in [0.717, 1.165) is 43.7 Å². The Morgan fingerprint density at radius 1 is 1.35 bits per heavy atom. The Bertz CT molecular complexity index is 699. The van der Waals surface area contributed by atoms with Crippen LogP contribution >= 0.6 is 0 Å². The number of ether oxygens (including phenoxy) is 2. The number of aryl methyl sites for hydroxylation is 1. The lowest BCUT2D eigenvalue weighted by Crippen LogP contribution is -2.49. The molecule has 0 unspecified atom stereocenters. The molecule has 2 saturated heterocycles. The zero-order chi connectivity index (χ0) is 18.6. The van der Waals surface area contributed by atoms with Crippen molar-refractivity contribution < 1.29 is 17.9 Å². The number of hydrogen-bond acceptors (Lipinski definition) is 5. The predicted octanol–water partition coefficient (Wildman–Crippen LogP) is 2.52. The highest BCUT2D eigenvalue weighted by Gasteiger charge is 2.47. The largest absolute Gasteiger partial charge is 0.375 e. The molecule has 0 bridgehead atoms. The maximum atomic E-state index is 12.1. The molecule has 0 aromatic carbocycles. The molecule has 3 heterocycles. The number of sulfonamides is 1. The summed E-state index contributed by atoms with van der Waals surface area (Å²) in [4.78, 5) is 4.45. The Balaban J connectivity index is 1.48. The molecular formula is C19H30N2O4S. The van der Waals surface area contributed by atoms with Gasteiger partial charge in [-0.25, -0.2) is 12.7 Å². The van der Waals surface area contributed by atoms with Crippen molar-refractivity contribution in [3.05, 3.63) is 29.6 Å². The summed E-state index contributed by atoms with van der Waals surface area (Å²) in [5.74, 6) is 0.616. The molecule has 0 aliphatic carbocycles. The molecule has 1 aromatic rings. The van der Waals surface area contributed by atoms with Gasteiger partial charge in [-0.1, -0.05) is 6.07 Å². The van der Waals surface area contributed by atoms with Crippen molar-refractivity contribution in [3.8, 4) is 0 Å². The molecule has 1 atom stereocenters. The summed E-state index contributed by atoms with van der Waals surface area (Å²) in [7, 11) is -3.09. The number of aromatic nitrogens is 1. The van der Waals surface area contributed by atoms with Crippen LogP contribution in [0, 0.1) is 12.8 Å². The van der Waals surface area contributed by atoms with Gasteiger partial charge in [-0.05, 0) is 57.6 Å². The number of pyridine rings is 1. The summed E-state index contributed by atoms with van der Waals surface area (Å²) in [5, 5.41) is 0. The van der Waals surface area contributed by atoms with Gasteiger partial charge in [0.2, 0.25) is 10.0 Å². The lowest BCUT2D eigenvalue weighted by atomic mass is 9.78. The van der Waals surface area contributed by atoms with Gasteiger partial charge in [-0.15, -0.1) is 0 Å². The lowest BCUT2D eigenvalue weighted by molar-refractivity contribution is -0.0618. The first kappa shape index (κ1) is 19.7. The molecule has 2 fully saturated rings. The van der Waals surface area contributed by atoms with E-state index in [9.17, 15) is 8.42 Å². The molecular weight excluding hydrogens is 352 g/mol. The molecule has 3 rings (SSSR count). The SMILES string of the molecule is CCS(=O)(=O)N1CCC2(CC1)OCC[C@H]2CCOCc1cccc(C)n1. The Hall–Kier alpha value is -1.02. The molecule has 6 nitrogen and oxygen atoms in total. The standard InChI is InChI=1S/C19H30N2O4S/c1-3-26(22,23)21-11-9-19(10-12-21)17(8-14-25-19)7-13-24-15-18-6-4-5-16(2)20-18/h4-6,17H,3,7-15H2,1-2H3/t17-/m1/s1. The minimum Gasteiger partial charge on any atom is -0.375 e. The lowest BCUT2D eigenvalue weighted by Gasteiger charge is -2.41. The zero-order valence-electron chi connectivity index (χ0n) is 15.8. The van der Waals surface area contributed by atoms with Gasteiger partial charge in [0, 0.05) is 32.0 Å². The second-order valence-corrected chi connectivity index (χ2v) is 9.57. The minimum atomic E-state index is -3.09. The van der Waals surface area contributed by atoms with Gasteiger partial charge in [-0.2, -0.15) is 0 Å². The number of rotatable bonds is 7. The first-order valence-corrected chi connectivity index (χ1v) is 11.2. The van der Waals surface area contributed by atoms with Crippen LogP contribution in [0.4, 0.5) is 0 Å². The normalized spacial score (nSPS) is 23.5. The number of hydrogen-bond donors (Lipinski definition) is 0. The van der Waals surface area contributed by atoms with Gasteiger partial charge in [0.1, 0.15) is 0 Å². The number of piperidine rings is 1. The van der Waals surface area contributed by atoms with E-state index in [1.165, 1.54) is 0 Å². The van der Waals surface area contributed by atoms with Gasteiger partial charge >= 0.3 is 0 Å². The first-order chi connectivity index (χ1) is 12.5. The van der Waals surface area contributed by atoms with Crippen LogP contribution in [0.15, 0.2) is 18.2 Å². The predicted molar refractivity (Wildman–Crippen MR) is 100 cm³/mol. The second kappa shape index (κ2) is 8.33. The zero-order valence-corrected chi connectivity index (χ0v) is 16.6. The molecule has 26 heavy (non-hydrogen) atoms. The fourth-order valence-corrected chi connectivity index (χ4v) is 5.26. The quantitative estimate of drug-likeness (QED) is 0.678. The highest BCUT2D eigenvalue weighted by Crippen LogP contribution is 2.42. The van der Waals surface area contributed by atoms with Crippen LogP contribution in [0.5, 0.6) is 0 Å². The van der Waals surface area contributed by atoms with E-state index >= 15 is 0 Å². The highest BCUT2D eigenvalue weighted by atomic mass is 32.2. The fraction of sp³-hybridized carbons (Fsp3) is 0.737. The average molecular weight is 383 g/mol. The molecule has 2 aliphatic rings. The summed E-state index contributed by atoms with van der Waals surface area (Å²) in [6, 6.07) is 5.96. The van der Waals surface area contributed by atoms with Crippen LogP contribution in [0.2, 0.25) is 0 Å². The molecule has 146 valence electrons. The molecule has 1 spiro atoms. The molecule has 0 N–H and O–H groups in total. The average Bonchev–Trinajstić information content (AvgIpc) is 3.01. The summed E-state index contributed by atoms with van der Waals surface area (Å²) in [6.07, 6.45) is 3.56. The molecule has 0 amide bonds. The van der Waals surface area contributed by atoms with Gasteiger partial charge in [-0.3, -0.25) is 4.98 Å². The Labute approximate surface area is 156 Å². The Kier molecular flexibility index (Phi) is 6.33. The van der Waals surface area contributed by atoms with Crippen LogP contribution in [-0.2, 0) is 26.1 Å². The van der Waals surface area contributed by atoms with Crippen LogP contribution in [0.25, 0.3) is 0 Å². The van der Waals surface area contributed by atoms with Crippen molar-refractivity contribution in [2.45, 2.75) is 51.7 Å². The smallest absolute Gasteiger partial charge is 0.213 e. The van der Waals surface area contributed by atoms with Gasteiger partial charge < -0.3 is 9.47 Å². The van der Waals surface area contributed by atoms with Crippen LogP contribution in [0.1, 0.15) is 44.0 Å². The van der Waals surface area contributed by atoms with Crippen molar-refractivity contribution in [3.63, 3.8) is 0 Å². The summed E-state index contributed by atoms with van der Waals surface area (Å²) in [5.41, 5.74) is 1.80. The molecule has 1 aromatic heterocycles. The van der Waals surface area contributed by atoms with Gasteiger partial charge in [0.05, 0.1) is 23.7 Å². The third-order valence-electron chi connectivity index (χ3n) is 5.73. The van der Waals surface area contributed by atoms with E-state index in [0.29, 0.717) is 32.2 Å². The molecule has 7 heteroatoms. The van der Waals surface area contributed by atoms with Crippen molar-refractivity contribution in [1.29, 1.82) is 0 Å². The first-order valence-electron chi connectivity index (χ1n) is 9.57. The van der Waals surface area contributed by atoms with Crippen LogP contribution in [0.3, 0.4) is 0 Å². The summed E-state index contributed by atoms with van der Waals surface area (Å²) >= 11 is 0. The van der Waals surface area contributed by atoms with E-state index in [-0.39, 0.29) is 11.4 Å². The van der Waals surface area contributed by atoms with Crippen molar-refractivity contribution in [2.24, 2.45) is 5.92 Å². The Morgan fingerprint density at radius 2 is 2.12 bits per heavy atom. The van der Waals surface area contributed by atoms with E-state index in [4.69, 9.17) is 9.47 Å². The van der Waals surface area contributed by atoms with Crippen molar-refractivity contribution in [1.82, 2.24) is 9.29 Å². The van der Waals surface area contributed by atoms with E-state index in [1.54, 1.807) is 11.2 Å². The van der Waals surface area contributed by atoms with Crippen LogP contribution < -0.4 is 0 Å². The monoisotopic (exact) mass is 382 g/mol. The highest BCUT2D eigenvalue weighted by molar-refractivity contribution is 7.89. The molecule has 0 saturated carbocycles. The maximum Gasteiger partial charge on any atom is 0.213 e. The van der Waals surface area contributed by atoms with Crippen molar-refractivity contribution >= 4 is 10.0 Å². The van der Waals surface area contributed by atoms with E-state index < -0.39 is 10.0 Å². The topological polar surface area (TPSA) is 68.7 Å².